The van der Waals surface area contributed by atoms with Crippen molar-refractivity contribution < 1.29 is 18.7 Å². The largest absolute Gasteiger partial charge is 0.385 e. The van der Waals surface area contributed by atoms with E-state index < -0.39 is 17.2 Å². The number of carbonyl (C=O) groups excluding carboxylic acids is 1. The average molecular weight is 576 g/mol. The Labute approximate surface area is 242 Å². The zero-order chi connectivity index (χ0) is 29.6. The van der Waals surface area contributed by atoms with E-state index in [-0.39, 0.29) is 40.7 Å². The smallest absolute Gasteiger partial charge is 0.217 e. The van der Waals surface area contributed by atoms with Gasteiger partial charge in [-0.15, -0.1) is 0 Å². The summed E-state index contributed by atoms with van der Waals surface area (Å²) in [7, 11) is 0. The average Bonchev–Trinajstić information content (AvgIpc) is 3.57. The molecule has 4 heterocycles. The number of anilines is 1. The van der Waals surface area contributed by atoms with Crippen LogP contribution in [0.5, 0.6) is 0 Å². The number of pyridine rings is 1. The van der Waals surface area contributed by atoms with Crippen molar-refractivity contribution in [2.75, 3.05) is 18.0 Å². The fourth-order valence-electron chi connectivity index (χ4n) is 6.56. The highest BCUT2D eigenvalue weighted by Crippen LogP contribution is 2.40. The number of benzene rings is 1. The Bertz CT molecular complexity index is 1600. The molecule has 1 saturated carbocycles. The Morgan fingerprint density at radius 1 is 1.14 bits per heavy atom. The number of nitrogens with two attached hydrogens (primary N) is 1. The molecule has 4 aromatic rings. The maximum Gasteiger partial charge on any atom is 0.217 e. The molecule has 3 aromatic heterocycles. The van der Waals surface area contributed by atoms with Crippen molar-refractivity contribution in [2.24, 2.45) is 11.7 Å². The van der Waals surface area contributed by atoms with Gasteiger partial charge in [-0.05, 0) is 54.7 Å². The molecule has 2 aliphatic rings. The van der Waals surface area contributed by atoms with Gasteiger partial charge >= 0.3 is 0 Å². The Kier molecular flexibility index (Phi) is 7.40. The van der Waals surface area contributed by atoms with Crippen molar-refractivity contribution in [3.8, 4) is 11.3 Å². The first-order valence-electron chi connectivity index (χ1n) is 14.4. The van der Waals surface area contributed by atoms with Gasteiger partial charge in [-0.3, -0.25) is 9.78 Å². The molecule has 42 heavy (non-hydrogen) atoms. The lowest BCUT2D eigenvalue weighted by Gasteiger charge is -2.43. The number of carbonyl (C=O) groups is 1. The maximum absolute atomic E-state index is 15.3. The summed E-state index contributed by atoms with van der Waals surface area (Å²) in [6, 6.07) is 7.34. The number of nitrogens with zero attached hydrogens (tertiary/aromatic N) is 5. The molecule has 1 amide bonds. The quantitative estimate of drug-likeness (QED) is 0.321. The molecule has 3 atom stereocenters. The van der Waals surface area contributed by atoms with Crippen molar-refractivity contribution in [1.29, 1.82) is 0 Å². The third-order valence-corrected chi connectivity index (χ3v) is 8.67. The first-order valence-corrected chi connectivity index (χ1v) is 14.4. The van der Waals surface area contributed by atoms with Crippen molar-refractivity contribution in [1.82, 2.24) is 24.9 Å². The van der Waals surface area contributed by atoms with E-state index >= 15 is 8.78 Å². The van der Waals surface area contributed by atoms with Crippen LogP contribution in [0.25, 0.3) is 16.8 Å². The minimum absolute atomic E-state index is 0.0970. The van der Waals surface area contributed by atoms with Crippen molar-refractivity contribution in [2.45, 2.75) is 63.6 Å². The zero-order valence-electron chi connectivity index (χ0n) is 23.7. The number of aromatic nitrogens is 4. The summed E-state index contributed by atoms with van der Waals surface area (Å²) in [5.74, 6) is -0.909. The molecule has 0 spiro atoms. The molecule has 0 unspecified atom stereocenters. The van der Waals surface area contributed by atoms with Gasteiger partial charge in [0.15, 0.2) is 0 Å². The summed E-state index contributed by atoms with van der Waals surface area (Å²) < 4.78 is 32.3. The van der Waals surface area contributed by atoms with E-state index in [1.165, 1.54) is 19.1 Å². The number of halogens is 2. The van der Waals surface area contributed by atoms with Gasteiger partial charge in [-0.1, -0.05) is 19.8 Å². The Balaban J connectivity index is 1.30. The molecule has 1 aliphatic heterocycles. The maximum atomic E-state index is 15.3. The molecule has 11 heteroatoms. The lowest BCUT2D eigenvalue weighted by Crippen LogP contribution is -2.61. The second-order valence-electron chi connectivity index (χ2n) is 11.7. The van der Waals surface area contributed by atoms with E-state index in [0.717, 1.165) is 24.1 Å². The number of imidazole rings is 1. The zero-order valence-corrected chi connectivity index (χ0v) is 23.7. The second kappa shape index (κ2) is 11.0. The summed E-state index contributed by atoms with van der Waals surface area (Å²) in [6.45, 7) is 4.82. The van der Waals surface area contributed by atoms with Crippen molar-refractivity contribution in [3.05, 3.63) is 77.5 Å². The van der Waals surface area contributed by atoms with E-state index in [1.54, 1.807) is 35.2 Å². The SMILES string of the molecule is CC(=O)N[C@@H]1[C@H](N)CN(c2ccncc2Cc2ncc3ccc(-c4c(F)cc(C5(O)CCCC5)cc4F)nn23)C[C@@H]1C. The summed E-state index contributed by atoms with van der Waals surface area (Å²) in [6.07, 6.45) is 8.18. The van der Waals surface area contributed by atoms with Gasteiger partial charge < -0.3 is 21.1 Å². The fourth-order valence-corrected chi connectivity index (χ4v) is 6.56. The van der Waals surface area contributed by atoms with E-state index in [2.05, 4.69) is 32.2 Å². The van der Waals surface area contributed by atoms with E-state index in [1.807, 2.05) is 6.07 Å². The van der Waals surface area contributed by atoms with Gasteiger partial charge in [-0.25, -0.2) is 18.3 Å². The summed E-state index contributed by atoms with van der Waals surface area (Å²) in [4.78, 5) is 22.8. The Hall–Kier alpha value is -3.96. The van der Waals surface area contributed by atoms with Crippen LogP contribution in [0.3, 0.4) is 0 Å². The third-order valence-electron chi connectivity index (χ3n) is 8.67. The fraction of sp³-hybridized carbons (Fsp3) is 0.419. The molecule has 0 radical (unpaired) electrons. The molecule has 1 aromatic carbocycles. The van der Waals surface area contributed by atoms with Crippen molar-refractivity contribution in [3.63, 3.8) is 0 Å². The van der Waals surface area contributed by atoms with Crippen LogP contribution in [0.2, 0.25) is 0 Å². The highest BCUT2D eigenvalue weighted by molar-refractivity contribution is 5.73. The first-order chi connectivity index (χ1) is 20.1. The lowest BCUT2D eigenvalue weighted by molar-refractivity contribution is -0.120. The molecule has 2 fully saturated rings. The topological polar surface area (TPSA) is 122 Å². The highest BCUT2D eigenvalue weighted by Gasteiger charge is 2.35. The molecule has 220 valence electrons. The number of aliphatic hydroxyl groups is 1. The first kappa shape index (κ1) is 28.2. The molecule has 1 aliphatic carbocycles. The predicted molar refractivity (Wildman–Crippen MR) is 155 cm³/mol. The van der Waals surface area contributed by atoms with Gasteiger partial charge in [-0.2, -0.15) is 5.10 Å². The van der Waals surface area contributed by atoms with Crippen LogP contribution >= 0.6 is 0 Å². The van der Waals surface area contributed by atoms with E-state index in [0.29, 0.717) is 43.7 Å². The second-order valence-corrected chi connectivity index (χ2v) is 11.7. The molecular weight excluding hydrogens is 540 g/mol. The number of hydrogen-bond donors (Lipinski definition) is 3. The number of fused-ring (bicyclic) bond motifs is 1. The lowest BCUT2D eigenvalue weighted by atomic mass is 9.89. The van der Waals surface area contributed by atoms with Crippen LogP contribution in [-0.2, 0) is 16.8 Å². The van der Waals surface area contributed by atoms with Crippen LogP contribution < -0.4 is 16.0 Å². The number of nitrogens with one attached hydrogen (secondary N) is 1. The van der Waals surface area contributed by atoms with Gasteiger partial charge in [0.25, 0.3) is 0 Å². The summed E-state index contributed by atoms with van der Waals surface area (Å²) in [5.41, 5.74) is 7.99. The Morgan fingerprint density at radius 2 is 1.88 bits per heavy atom. The minimum atomic E-state index is -1.20. The summed E-state index contributed by atoms with van der Waals surface area (Å²) in [5, 5.41) is 18.4. The van der Waals surface area contributed by atoms with Gasteiger partial charge in [0.05, 0.1) is 28.6 Å². The number of piperidine rings is 1. The molecule has 9 nitrogen and oxygen atoms in total. The van der Waals surface area contributed by atoms with Crippen LogP contribution in [0.15, 0.2) is 48.9 Å². The van der Waals surface area contributed by atoms with Crippen LogP contribution in [0.1, 0.15) is 56.5 Å². The molecule has 0 bridgehead atoms. The Morgan fingerprint density at radius 3 is 2.57 bits per heavy atom. The monoisotopic (exact) mass is 575 g/mol. The summed E-state index contributed by atoms with van der Waals surface area (Å²) >= 11 is 0. The molecule has 4 N–H and O–H groups in total. The van der Waals surface area contributed by atoms with E-state index in [4.69, 9.17) is 5.73 Å². The normalized spacial score (nSPS) is 22.0. The van der Waals surface area contributed by atoms with E-state index in [9.17, 15) is 9.90 Å². The molecule has 1 saturated heterocycles. The molecule has 6 rings (SSSR count). The minimum Gasteiger partial charge on any atom is -0.385 e. The van der Waals surface area contributed by atoms with Crippen LogP contribution in [0, 0.1) is 17.6 Å². The standard InChI is InChI=1S/C31H35F2N7O2/c1-18-16-39(17-25(34)30(18)37-19(2)41)27-7-10-35-14-20(27)11-28-36-15-22-5-6-26(38-40(22)28)29-23(32)12-21(13-24(29)33)31(42)8-3-4-9-31/h5-7,10,12-15,18,25,30,42H,3-4,8-9,11,16-17,34H2,1-2H3,(H,37,41)/t18-,25+,30-/m0/s1. The highest BCUT2D eigenvalue weighted by atomic mass is 19.1. The number of hydrogen-bond acceptors (Lipinski definition) is 7. The predicted octanol–water partition coefficient (Wildman–Crippen LogP) is 3.71. The van der Waals surface area contributed by atoms with Crippen LogP contribution in [-0.4, -0.2) is 55.8 Å². The molecular formula is C31H35F2N7O2. The number of amides is 1. The number of rotatable bonds is 6. The van der Waals surface area contributed by atoms with Gasteiger partial charge in [0, 0.05) is 62.2 Å². The van der Waals surface area contributed by atoms with Gasteiger partial charge in [0.1, 0.15) is 17.5 Å². The third kappa shape index (κ3) is 5.22. The van der Waals surface area contributed by atoms with Crippen molar-refractivity contribution >= 4 is 17.1 Å². The van der Waals surface area contributed by atoms with Crippen LogP contribution in [0.4, 0.5) is 14.5 Å². The van der Waals surface area contributed by atoms with Gasteiger partial charge in [0.2, 0.25) is 5.91 Å².